The molecule has 0 amide bonds. The standard InChI is InChI=1S/C10H10ClFOS/c1-14-9-2-3-10(12)7(5-9)4-8(13)6-11/h2-3,5H,4,6H2,1H3. The zero-order chi connectivity index (χ0) is 10.6. The van der Waals surface area contributed by atoms with Crippen molar-refractivity contribution in [1.29, 1.82) is 0 Å². The SMILES string of the molecule is CSc1ccc(F)c(CC(=O)CCl)c1. The van der Waals surface area contributed by atoms with Crippen LogP contribution in [0.3, 0.4) is 0 Å². The van der Waals surface area contributed by atoms with Gasteiger partial charge in [-0.25, -0.2) is 4.39 Å². The third kappa shape index (κ3) is 3.00. The first-order valence-corrected chi connectivity index (χ1v) is 5.83. The molecule has 76 valence electrons. The highest BCUT2D eigenvalue weighted by atomic mass is 35.5. The molecule has 0 aromatic heterocycles. The van der Waals surface area contributed by atoms with E-state index in [2.05, 4.69) is 0 Å². The van der Waals surface area contributed by atoms with E-state index in [1.54, 1.807) is 12.1 Å². The highest BCUT2D eigenvalue weighted by Crippen LogP contribution is 2.19. The number of carbonyl (C=O) groups is 1. The molecule has 0 aliphatic rings. The molecule has 14 heavy (non-hydrogen) atoms. The molecule has 1 nitrogen and oxygen atoms in total. The van der Waals surface area contributed by atoms with Crippen LogP contribution in [-0.2, 0) is 11.2 Å². The summed E-state index contributed by atoms with van der Waals surface area (Å²) in [6.45, 7) is 0. The second-order valence-electron chi connectivity index (χ2n) is 2.81. The molecular weight excluding hydrogens is 223 g/mol. The van der Waals surface area contributed by atoms with Crippen molar-refractivity contribution in [1.82, 2.24) is 0 Å². The van der Waals surface area contributed by atoms with Crippen LogP contribution in [-0.4, -0.2) is 17.9 Å². The number of carbonyl (C=O) groups excluding carboxylic acids is 1. The van der Waals surface area contributed by atoms with E-state index in [0.717, 1.165) is 4.90 Å². The maximum atomic E-state index is 13.2. The molecule has 0 saturated carbocycles. The lowest BCUT2D eigenvalue weighted by Gasteiger charge is -2.03. The molecule has 1 rings (SSSR count). The summed E-state index contributed by atoms with van der Waals surface area (Å²) in [6.07, 6.45) is 1.98. The molecule has 0 aliphatic heterocycles. The summed E-state index contributed by atoms with van der Waals surface area (Å²) < 4.78 is 13.2. The average molecular weight is 233 g/mol. The lowest BCUT2D eigenvalue weighted by atomic mass is 10.1. The summed E-state index contributed by atoms with van der Waals surface area (Å²) in [7, 11) is 0. The van der Waals surface area contributed by atoms with Crippen LogP contribution in [0.4, 0.5) is 4.39 Å². The van der Waals surface area contributed by atoms with Crippen LogP contribution in [0.5, 0.6) is 0 Å². The molecule has 0 bridgehead atoms. The van der Waals surface area contributed by atoms with Crippen LogP contribution >= 0.6 is 23.4 Å². The Morgan fingerprint density at radius 1 is 1.57 bits per heavy atom. The number of hydrogen-bond donors (Lipinski definition) is 0. The molecule has 4 heteroatoms. The maximum Gasteiger partial charge on any atom is 0.152 e. The molecule has 0 aliphatic carbocycles. The van der Waals surface area contributed by atoms with Gasteiger partial charge in [-0.15, -0.1) is 23.4 Å². The number of halogens is 2. The van der Waals surface area contributed by atoms with E-state index < -0.39 is 0 Å². The van der Waals surface area contributed by atoms with Crippen molar-refractivity contribution in [2.24, 2.45) is 0 Å². The molecule has 1 aromatic carbocycles. The Kier molecular flexibility index (Phi) is 4.42. The number of benzene rings is 1. The number of thioether (sulfide) groups is 1. The van der Waals surface area contributed by atoms with Crippen molar-refractivity contribution in [2.45, 2.75) is 11.3 Å². The Bertz CT molecular complexity index is 341. The van der Waals surface area contributed by atoms with Crippen LogP contribution in [0.25, 0.3) is 0 Å². The second kappa shape index (κ2) is 5.37. The highest BCUT2D eigenvalue weighted by molar-refractivity contribution is 7.98. The molecule has 0 spiro atoms. The van der Waals surface area contributed by atoms with Crippen molar-refractivity contribution in [3.8, 4) is 0 Å². The topological polar surface area (TPSA) is 17.1 Å². The fraction of sp³-hybridized carbons (Fsp3) is 0.300. The first kappa shape index (κ1) is 11.5. The average Bonchev–Trinajstić information content (AvgIpc) is 2.21. The molecule has 0 N–H and O–H groups in total. The zero-order valence-corrected chi connectivity index (χ0v) is 9.29. The van der Waals surface area contributed by atoms with Crippen LogP contribution in [0.2, 0.25) is 0 Å². The van der Waals surface area contributed by atoms with Crippen molar-refractivity contribution >= 4 is 29.1 Å². The van der Waals surface area contributed by atoms with Gasteiger partial charge in [0.15, 0.2) is 5.78 Å². The van der Waals surface area contributed by atoms with Crippen LogP contribution in [0.1, 0.15) is 5.56 Å². The first-order chi connectivity index (χ1) is 6.67. The predicted octanol–water partition coefficient (Wildman–Crippen LogP) is 2.90. The zero-order valence-electron chi connectivity index (χ0n) is 7.72. The number of alkyl halides is 1. The second-order valence-corrected chi connectivity index (χ2v) is 3.95. The molecule has 0 fully saturated rings. The Morgan fingerprint density at radius 3 is 2.86 bits per heavy atom. The fourth-order valence-corrected chi connectivity index (χ4v) is 1.63. The monoisotopic (exact) mass is 232 g/mol. The minimum atomic E-state index is -0.346. The van der Waals surface area contributed by atoms with E-state index in [1.165, 1.54) is 17.8 Å². The largest absolute Gasteiger partial charge is 0.298 e. The Balaban J connectivity index is 2.89. The minimum absolute atomic E-state index is 0.0665. The third-order valence-electron chi connectivity index (χ3n) is 1.79. The lowest BCUT2D eigenvalue weighted by molar-refractivity contribution is -0.116. The molecule has 1 aromatic rings. The summed E-state index contributed by atoms with van der Waals surface area (Å²) in [4.78, 5) is 12.0. The van der Waals surface area contributed by atoms with Gasteiger partial charge < -0.3 is 0 Å². The van der Waals surface area contributed by atoms with Crippen molar-refractivity contribution in [3.63, 3.8) is 0 Å². The van der Waals surface area contributed by atoms with Gasteiger partial charge in [0, 0.05) is 11.3 Å². The molecule has 0 saturated heterocycles. The Labute approximate surface area is 91.6 Å². The van der Waals surface area contributed by atoms with Crippen molar-refractivity contribution < 1.29 is 9.18 Å². The molecule has 0 radical (unpaired) electrons. The summed E-state index contributed by atoms with van der Waals surface area (Å²) >= 11 is 6.87. The van der Waals surface area contributed by atoms with Gasteiger partial charge in [-0.05, 0) is 30.0 Å². The summed E-state index contributed by atoms with van der Waals surface area (Å²) in [5.74, 6) is -0.576. The first-order valence-electron chi connectivity index (χ1n) is 4.07. The smallest absolute Gasteiger partial charge is 0.152 e. The summed E-state index contributed by atoms with van der Waals surface area (Å²) in [6, 6.07) is 4.75. The van der Waals surface area contributed by atoms with Gasteiger partial charge in [0.1, 0.15) is 5.82 Å². The van der Waals surface area contributed by atoms with Crippen LogP contribution < -0.4 is 0 Å². The predicted molar refractivity (Wildman–Crippen MR) is 57.6 cm³/mol. The van der Waals surface area contributed by atoms with E-state index in [-0.39, 0.29) is 23.9 Å². The number of rotatable bonds is 4. The quantitative estimate of drug-likeness (QED) is 0.587. The highest BCUT2D eigenvalue weighted by Gasteiger charge is 2.07. The lowest BCUT2D eigenvalue weighted by Crippen LogP contribution is -2.05. The van der Waals surface area contributed by atoms with Gasteiger partial charge in [0.2, 0.25) is 0 Å². The normalized spacial score (nSPS) is 10.2. The van der Waals surface area contributed by atoms with Gasteiger partial charge in [-0.1, -0.05) is 0 Å². The van der Waals surface area contributed by atoms with Crippen molar-refractivity contribution in [2.75, 3.05) is 12.1 Å². The summed E-state index contributed by atoms with van der Waals surface area (Å²) in [5.41, 5.74) is 0.419. The number of hydrogen-bond acceptors (Lipinski definition) is 2. The Hall–Kier alpha value is -0.540. The Morgan fingerprint density at radius 2 is 2.29 bits per heavy atom. The van der Waals surface area contributed by atoms with Crippen molar-refractivity contribution in [3.05, 3.63) is 29.6 Å². The van der Waals surface area contributed by atoms with E-state index in [4.69, 9.17) is 11.6 Å². The van der Waals surface area contributed by atoms with Crippen LogP contribution in [0.15, 0.2) is 23.1 Å². The van der Waals surface area contributed by atoms with E-state index >= 15 is 0 Å². The fourth-order valence-electron chi connectivity index (χ4n) is 1.07. The van der Waals surface area contributed by atoms with Gasteiger partial charge in [-0.2, -0.15) is 0 Å². The van der Waals surface area contributed by atoms with E-state index in [9.17, 15) is 9.18 Å². The molecule has 0 atom stereocenters. The van der Waals surface area contributed by atoms with Gasteiger partial charge >= 0.3 is 0 Å². The van der Waals surface area contributed by atoms with Gasteiger partial charge in [-0.3, -0.25) is 4.79 Å². The molecular formula is C10H10ClFOS. The third-order valence-corrected chi connectivity index (χ3v) is 2.81. The van der Waals surface area contributed by atoms with Gasteiger partial charge in [0.05, 0.1) is 5.88 Å². The number of Topliss-reactive ketones (excluding diaryl/α,β-unsaturated/α-hetero) is 1. The summed E-state index contributed by atoms with van der Waals surface area (Å²) in [5, 5.41) is 0. The molecule has 0 heterocycles. The minimum Gasteiger partial charge on any atom is -0.298 e. The van der Waals surface area contributed by atoms with Crippen LogP contribution in [0, 0.1) is 5.82 Å². The molecule has 0 unspecified atom stereocenters. The van der Waals surface area contributed by atoms with Gasteiger partial charge in [0.25, 0.3) is 0 Å². The van der Waals surface area contributed by atoms with E-state index in [1.807, 2.05) is 6.26 Å². The maximum absolute atomic E-state index is 13.2. The number of ketones is 1. The van der Waals surface area contributed by atoms with E-state index in [0.29, 0.717) is 5.56 Å².